The highest BCUT2D eigenvalue weighted by molar-refractivity contribution is 6.30. The lowest BCUT2D eigenvalue weighted by molar-refractivity contribution is 0.0692. The Morgan fingerprint density at radius 1 is 1.15 bits per heavy atom. The molecule has 104 valence electrons. The Balaban J connectivity index is 2.11. The number of rotatable bonds is 4. The van der Waals surface area contributed by atoms with Crippen molar-refractivity contribution in [3.63, 3.8) is 0 Å². The molecule has 6 heteroatoms. The predicted molar refractivity (Wildman–Crippen MR) is 69.1 cm³/mol. The summed E-state index contributed by atoms with van der Waals surface area (Å²) in [7, 11) is 0. The Kier molecular flexibility index (Phi) is 4.20. The molecule has 0 spiro atoms. The lowest BCUT2D eigenvalue weighted by Gasteiger charge is -2.08. The van der Waals surface area contributed by atoms with Gasteiger partial charge in [-0.15, -0.1) is 0 Å². The monoisotopic (exact) mass is 298 g/mol. The Bertz CT molecular complexity index is 659. The fourth-order valence-electron chi connectivity index (χ4n) is 1.56. The fourth-order valence-corrected chi connectivity index (χ4v) is 1.72. The molecule has 0 heterocycles. The molecular weight excluding hydrogens is 290 g/mol. The van der Waals surface area contributed by atoms with E-state index in [2.05, 4.69) is 0 Å². The lowest BCUT2D eigenvalue weighted by atomic mass is 10.2. The van der Waals surface area contributed by atoms with Crippen molar-refractivity contribution in [2.24, 2.45) is 0 Å². The largest absolute Gasteiger partial charge is 0.489 e. The van der Waals surface area contributed by atoms with Gasteiger partial charge in [0, 0.05) is 16.7 Å². The zero-order valence-electron chi connectivity index (χ0n) is 10.1. The van der Waals surface area contributed by atoms with Crippen LogP contribution in [-0.4, -0.2) is 11.1 Å². The Morgan fingerprint density at radius 3 is 2.50 bits per heavy atom. The van der Waals surface area contributed by atoms with E-state index in [0.717, 1.165) is 18.2 Å². The second-order valence-electron chi connectivity index (χ2n) is 3.97. The van der Waals surface area contributed by atoms with Gasteiger partial charge in [-0.05, 0) is 24.3 Å². The number of hydrogen-bond acceptors (Lipinski definition) is 2. The van der Waals surface area contributed by atoms with Crippen molar-refractivity contribution in [1.29, 1.82) is 0 Å². The molecule has 2 aromatic rings. The summed E-state index contributed by atoms with van der Waals surface area (Å²) in [6, 6.07) is 7.45. The van der Waals surface area contributed by atoms with Crippen LogP contribution < -0.4 is 4.74 Å². The van der Waals surface area contributed by atoms with Gasteiger partial charge in [0.05, 0.1) is 5.56 Å². The highest BCUT2D eigenvalue weighted by Gasteiger charge is 2.11. The molecule has 3 nitrogen and oxygen atoms in total. The second kappa shape index (κ2) is 5.88. The third kappa shape index (κ3) is 3.24. The number of halogens is 3. The summed E-state index contributed by atoms with van der Waals surface area (Å²) in [4.78, 5) is 10.6. The van der Waals surface area contributed by atoms with Crippen LogP contribution in [0.25, 0.3) is 0 Å². The molecule has 0 unspecified atom stereocenters. The summed E-state index contributed by atoms with van der Waals surface area (Å²) in [5.41, 5.74) is -0.188. The topological polar surface area (TPSA) is 46.5 Å². The van der Waals surface area contributed by atoms with Crippen LogP contribution in [0.4, 0.5) is 8.78 Å². The van der Waals surface area contributed by atoms with E-state index in [9.17, 15) is 13.6 Å². The summed E-state index contributed by atoms with van der Waals surface area (Å²) in [5, 5.41) is 8.95. The van der Waals surface area contributed by atoms with Crippen LogP contribution in [0.3, 0.4) is 0 Å². The van der Waals surface area contributed by atoms with Gasteiger partial charge in [0.25, 0.3) is 0 Å². The first-order chi connectivity index (χ1) is 9.47. The normalized spacial score (nSPS) is 10.3. The van der Waals surface area contributed by atoms with Gasteiger partial charge >= 0.3 is 5.97 Å². The lowest BCUT2D eigenvalue weighted by Crippen LogP contribution is -2.02. The van der Waals surface area contributed by atoms with Crippen LogP contribution in [0, 0.1) is 11.6 Å². The minimum absolute atomic E-state index is 0.113. The summed E-state index contributed by atoms with van der Waals surface area (Å²) in [6.45, 7) is -0.116. The highest BCUT2D eigenvalue weighted by atomic mass is 35.5. The number of carboxylic acid groups (broad SMARTS) is 1. The van der Waals surface area contributed by atoms with E-state index in [1.807, 2.05) is 0 Å². The predicted octanol–water partition coefficient (Wildman–Crippen LogP) is 3.90. The third-order valence-electron chi connectivity index (χ3n) is 2.58. The van der Waals surface area contributed by atoms with Gasteiger partial charge in [-0.2, -0.15) is 0 Å². The Morgan fingerprint density at radius 2 is 1.90 bits per heavy atom. The van der Waals surface area contributed by atoms with E-state index >= 15 is 0 Å². The number of carboxylic acids is 1. The van der Waals surface area contributed by atoms with Gasteiger partial charge in [-0.1, -0.05) is 17.7 Å². The van der Waals surface area contributed by atoms with Crippen LogP contribution in [0.2, 0.25) is 5.02 Å². The fraction of sp³-hybridized carbons (Fsp3) is 0.0714. The SMILES string of the molecule is O=C(O)c1ccc(OCc2ccc(Cl)cc2F)cc1F. The molecule has 1 N–H and O–H groups in total. The molecule has 0 fully saturated rings. The highest BCUT2D eigenvalue weighted by Crippen LogP contribution is 2.20. The number of ether oxygens (including phenoxy) is 1. The third-order valence-corrected chi connectivity index (χ3v) is 2.82. The maximum absolute atomic E-state index is 13.5. The summed E-state index contributed by atoms with van der Waals surface area (Å²) < 4.78 is 32.1. The molecule has 0 saturated carbocycles. The first-order valence-electron chi connectivity index (χ1n) is 5.57. The Labute approximate surface area is 118 Å². The van der Waals surface area contributed by atoms with Crippen LogP contribution in [0.5, 0.6) is 5.75 Å². The van der Waals surface area contributed by atoms with Crippen molar-refractivity contribution < 1.29 is 23.4 Å². The van der Waals surface area contributed by atoms with Crippen molar-refractivity contribution in [1.82, 2.24) is 0 Å². The first kappa shape index (κ1) is 14.3. The van der Waals surface area contributed by atoms with Crippen LogP contribution in [0.15, 0.2) is 36.4 Å². The van der Waals surface area contributed by atoms with Gasteiger partial charge in [-0.25, -0.2) is 13.6 Å². The minimum atomic E-state index is -1.36. The molecular formula is C14H9ClF2O3. The number of benzene rings is 2. The maximum Gasteiger partial charge on any atom is 0.338 e. The van der Waals surface area contributed by atoms with Crippen molar-refractivity contribution in [2.75, 3.05) is 0 Å². The van der Waals surface area contributed by atoms with E-state index < -0.39 is 23.2 Å². The summed E-state index contributed by atoms with van der Waals surface area (Å²) >= 11 is 5.62. The molecule has 2 rings (SSSR count). The van der Waals surface area contributed by atoms with Gasteiger partial charge in [0.2, 0.25) is 0 Å². The van der Waals surface area contributed by atoms with Gasteiger partial charge in [0.15, 0.2) is 0 Å². The number of aromatic carboxylic acids is 1. The Hall–Kier alpha value is -2.14. The zero-order valence-corrected chi connectivity index (χ0v) is 10.8. The van der Waals surface area contributed by atoms with Crippen molar-refractivity contribution >= 4 is 17.6 Å². The van der Waals surface area contributed by atoms with E-state index in [4.69, 9.17) is 21.4 Å². The molecule has 0 radical (unpaired) electrons. The molecule has 0 saturated heterocycles. The average Bonchev–Trinajstić information content (AvgIpc) is 2.37. The van der Waals surface area contributed by atoms with E-state index in [1.165, 1.54) is 18.2 Å². The quantitative estimate of drug-likeness (QED) is 0.931. The molecule has 0 atom stereocenters. The van der Waals surface area contributed by atoms with Crippen LogP contribution in [-0.2, 0) is 6.61 Å². The van der Waals surface area contributed by atoms with Gasteiger partial charge < -0.3 is 9.84 Å². The maximum atomic E-state index is 13.5. The van der Waals surface area contributed by atoms with E-state index in [1.54, 1.807) is 0 Å². The number of hydrogen-bond donors (Lipinski definition) is 1. The standard InChI is InChI=1S/C14H9ClF2O3/c15-9-2-1-8(12(16)5-9)7-20-10-3-4-11(14(18)19)13(17)6-10/h1-6H,7H2,(H,18,19). The number of carbonyl (C=O) groups is 1. The second-order valence-corrected chi connectivity index (χ2v) is 4.41. The van der Waals surface area contributed by atoms with E-state index in [-0.39, 0.29) is 22.9 Å². The molecule has 20 heavy (non-hydrogen) atoms. The average molecular weight is 299 g/mol. The molecule has 0 aliphatic carbocycles. The zero-order chi connectivity index (χ0) is 14.7. The first-order valence-corrected chi connectivity index (χ1v) is 5.95. The van der Waals surface area contributed by atoms with E-state index in [0.29, 0.717) is 0 Å². The summed E-state index contributed by atoms with van der Waals surface area (Å²) in [6.07, 6.45) is 0. The van der Waals surface area contributed by atoms with Crippen molar-refractivity contribution in [3.8, 4) is 5.75 Å². The van der Waals surface area contributed by atoms with Crippen LogP contribution >= 0.6 is 11.6 Å². The summed E-state index contributed by atoms with van der Waals surface area (Å²) in [5.74, 6) is -2.69. The molecule has 0 bridgehead atoms. The van der Waals surface area contributed by atoms with Crippen molar-refractivity contribution in [3.05, 3.63) is 64.2 Å². The van der Waals surface area contributed by atoms with Crippen molar-refractivity contribution in [2.45, 2.75) is 6.61 Å². The van der Waals surface area contributed by atoms with Gasteiger partial charge in [0.1, 0.15) is 24.0 Å². The minimum Gasteiger partial charge on any atom is -0.489 e. The van der Waals surface area contributed by atoms with Gasteiger partial charge in [-0.3, -0.25) is 0 Å². The van der Waals surface area contributed by atoms with Crippen LogP contribution in [0.1, 0.15) is 15.9 Å². The molecule has 0 amide bonds. The molecule has 0 aromatic heterocycles. The molecule has 0 aliphatic rings. The smallest absolute Gasteiger partial charge is 0.338 e. The molecule has 0 aliphatic heterocycles. The molecule has 2 aromatic carbocycles.